The smallest absolute Gasteiger partial charge is 0.220 e. The minimum Gasteiger partial charge on any atom is -0.394 e. The zero-order valence-electron chi connectivity index (χ0n) is 25.4. The van der Waals surface area contributed by atoms with Crippen LogP contribution in [-0.2, 0) is 4.79 Å². The van der Waals surface area contributed by atoms with E-state index in [9.17, 15) is 15.0 Å². The van der Waals surface area contributed by atoms with Gasteiger partial charge in [0.05, 0.1) is 18.8 Å². The third kappa shape index (κ3) is 26.5. The van der Waals surface area contributed by atoms with Crippen LogP contribution in [0.15, 0.2) is 24.3 Å². The lowest BCUT2D eigenvalue weighted by molar-refractivity contribution is -0.123. The summed E-state index contributed by atoms with van der Waals surface area (Å²) in [5.74, 6) is -0.0759. The van der Waals surface area contributed by atoms with Crippen LogP contribution in [0, 0.1) is 0 Å². The Balaban J connectivity index is 3.67. The van der Waals surface area contributed by atoms with E-state index in [1.165, 1.54) is 116 Å². The van der Waals surface area contributed by atoms with E-state index in [0.29, 0.717) is 6.42 Å². The SMILES string of the molecule is CCCCCCCC/C=C/CCCCCCCC(=O)N[C@@H](CO)[C@H](O)/C=C/CCCCCCCCCCC. The molecule has 0 aliphatic rings. The van der Waals surface area contributed by atoms with Gasteiger partial charge in [0.1, 0.15) is 0 Å². The van der Waals surface area contributed by atoms with Crippen molar-refractivity contribution in [1.82, 2.24) is 5.32 Å². The van der Waals surface area contributed by atoms with E-state index in [4.69, 9.17) is 0 Å². The molecule has 0 rings (SSSR count). The minimum atomic E-state index is -0.836. The van der Waals surface area contributed by atoms with Gasteiger partial charge in [-0.05, 0) is 44.9 Å². The first-order valence-corrected chi connectivity index (χ1v) is 16.6. The van der Waals surface area contributed by atoms with Crippen LogP contribution in [0.3, 0.4) is 0 Å². The van der Waals surface area contributed by atoms with Gasteiger partial charge in [-0.25, -0.2) is 0 Å². The van der Waals surface area contributed by atoms with Gasteiger partial charge in [0.25, 0.3) is 0 Å². The van der Waals surface area contributed by atoms with Gasteiger partial charge in [0, 0.05) is 6.42 Å². The van der Waals surface area contributed by atoms with Crippen LogP contribution < -0.4 is 5.32 Å². The van der Waals surface area contributed by atoms with Crippen molar-refractivity contribution in [3.05, 3.63) is 24.3 Å². The van der Waals surface area contributed by atoms with Gasteiger partial charge in [0.2, 0.25) is 5.91 Å². The zero-order valence-corrected chi connectivity index (χ0v) is 25.4. The molecule has 0 aromatic heterocycles. The fourth-order valence-corrected chi connectivity index (χ4v) is 4.82. The molecular weight excluding hydrogens is 470 g/mol. The Bertz CT molecular complexity index is 546. The minimum absolute atomic E-state index is 0.0759. The molecule has 3 N–H and O–H groups in total. The van der Waals surface area contributed by atoms with Crippen molar-refractivity contribution in [3.63, 3.8) is 0 Å². The van der Waals surface area contributed by atoms with Crippen molar-refractivity contribution in [2.75, 3.05) is 6.61 Å². The normalized spacial score (nSPS) is 13.5. The molecule has 0 saturated heterocycles. The monoisotopic (exact) mass is 535 g/mol. The molecule has 224 valence electrons. The first kappa shape index (κ1) is 36.9. The highest BCUT2D eigenvalue weighted by Gasteiger charge is 2.17. The highest BCUT2D eigenvalue weighted by Crippen LogP contribution is 2.12. The van der Waals surface area contributed by atoms with Crippen molar-refractivity contribution >= 4 is 5.91 Å². The zero-order chi connectivity index (χ0) is 27.9. The maximum Gasteiger partial charge on any atom is 0.220 e. The Morgan fingerprint density at radius 3 is 1.45 bits per heavy atom. The van der Waals surface area contributed by atoms with E-state index in [-0.39, 0.29) is 12.5 Å². The number of hydrogen-bond donors (Lipinski definition) is 3. The molecule has 1 amide bonds. The number of aliphatic hydroxyl groups excluding tert-OH is 2. The van der Waals surface area contributed by atoms with E-state index in [1.54, 1.807) is 6.08 Å². The standard InChI is InChI=1S/C34H65NO3/c1-3-5-7-9-11-13-15-16-17-18-20-22-24-26-28-30-34(38)35-32(31-36)33(37)29-27-25-23-21-19-14-12-10-8-6-4-2/h16-17,27,29,32-33,36-37H,3-15,18-26,28,30-31H2,1-2H3,(H,35,38)/b17-16+,29-27+/t32-,33+/m0/s1. The summed E-state index contributed by atoms with van der Waals surface area (Å²) in [6.07, 6.45) is 36.8. The molecule has 0 spiro atoms. The summed E-state index contributed by atoms with van der Waals surface area (Å²) < 4.78 is 0. The van der Waals surface area contributed by atoms with Gasteiger partial charge in [-0.15, -0.1) is 0 Å². The number of amides is 1. The van der Waals surface area contributed by atoms with E-state index >= 15 is 0 Å². The van der Waals surface area contributed by atoms with E-state index in [1.807, 2.05) is 6.08 Å². The quantitative estimate of drug-likeness (QED) is 0.0660. The lowest BCUT2D eigenvalue weighted by atomic mass is 10.1. The third-order valence-corrected chi connectivity index (χ3v) is 7.43. The summed E-state index contributed by atoms with van der Waals surface area (Å²) in [5, 5.41) is 22.8. The Hall–Kier alpha value is -1.13. The van der Waals surface area contributed by atoms with E-state index < -0.39 is 12.1 Å². The predicted molar refractivity (Wildman–Crippen MR) is 165 cm³/mol. The number of hydrogen-bond acceptors (Lipinski definition) is 3. The van der Waals surface area contributed by atoms with Gasteiger partial charge in [0.15, 0.2) is 0 Å². The van der Waals surface area contributed by atoms with Crippen molar-refractivity contribution in [3.8, 4) is 0 Å². The molecule has 4 nitrogen and oxygen atoms in total. The topological polar surface area (TPSA) is 69.6 Å². The highest BCUT2D eigenvalue weighted by atomic mass is 16.3. The third-order valence-electron chi connectivity index (χ3n) is 7.43. The number of unbranched alkanes of at least 4 members (excludes halogenated alkanes) is 20. The molecule has 0 heterocycles. The van der Waals surface area contributed by atoms with Crippen LogP contribution in [0.1, 0.15) is 168 Å². The molecule has 0 radical (unpaired) electrons. The first-order chi connectivity index (χ1) is 18.7. The molecule has 4 heteroatoms. The molecule has 0 bridgehead atoms. The molecule has 0 unspecified atom stereocenters. The molecule has 0 fully saturated rings. The van der Waals surface area contributed by atoms with Crippen LogP contribution in [0.4, 0.5) is 0 Å². The summed E-state index contributed by atoms with van der Waals surface area (Å²) in [6, 6.07) is -0.620. The van der Waals surface area contributed by atoms with E-state index in [2.05, 4.69) is 31.3 Å². The number of nitrogens with one attached hydrogen (secondary N) is 1. The lowest BCUT2D eigenvalue weighted by Gasteiger charge is -2.20. The van der Waals surface area contributed by atoms with Gasteiger partial charge >= 0.3 is 0 Å². The fourth-order valence-electron chi connectivity index (χ4n) is 4.82. The first-order valence-electron chi connectivity index (χ1n) is 16.6. The molecule has 0 aliphatic carbocycles. The Kier molecular flexibility index (Phi) is 29.5. The van der Waals surface area contributed by atoms with E-state index in [0.717, 1.165) is 32.1 Å². The van der Waals surface area contributed by atoms with Crippen molar-refractivity contribution in [2.24, 2.45) is 0 Å². The largest absolute Gasteiger partial charge is 0.394 e. The predicted octanol–water partition coefficient (Wildman–Crippen LogP) is 9.34. The molecule has 38 heavy (non-hydrogen) atoms. The lowest BCUT2D eigenvalue weighted by Crippen LogP contribution is -2.45. The Morgan fingerprint density at radius 2 is 1.00 bits per heavy atom. The molecule has 0 aromatic carbocycles. The second-order valence-corrected chi connectivity index (χ2v) is 11.2. The van der Waals surface area contributed by atoms with Crippen molar-refractivity contribution in [1.29, 1.82) is 0 Å². The Labute approximate surface area is 237 Å². The molecule has 0 saturated carbocycles. The average molecular weight is 536 g/mol. The number of carbonyl (C=O) groups is 1. The second-order valence-electron chi connectivity index (χ2n) is 11.2. The average Bonchev–Trinajstić information content (AvgIpc) is 2.92. The molecular formula is C34H65NO3. The number of carbonyl (C=O) groups excluding carboxylic acids is 1. The van der Waals surface area contributed by atoms with Crippen LogP contribution in [0.5, 0.6) is 0 Å². The summed E-state index contributed by atoms with van der Waals surface area (Å²) in [5.41, 5.74) is 0. The number of aliphatic hydroxyl groups is 2. The molecule has 0 aliphatic heterocycles. The van der Waals surface area contributed by atoms with Gasteiger partial charge in [-0.1, -0.05) is 141 Å². The number of rotatable bonds is 29. The van der Waals surface area contributed by atoms with Crippen LogP contribution in [-0.4, -0.2) is 34.9 Å². The maximum absolute atomic E-state index is 12.2. The molecule has 0 aromatic rings. The molecule has 2 atom stereocenters. The van der Waals surface area contributed by atoms with Gasteiger partial charge in [-0.3, -0.25) is 4.79 Å². The maximum atomic E-state index is 12.2. The van der Waals surface area contributed by atoms with Crippen LogP contribution in [0.2, 0.25) is 0 Å². The summed E-state index contributed by atoms with van der Waals surface area (Å²) in [6.45, 7) is 4.27. The second kappa shape index (κ2) is 30.4. The van der Waals surface area contributed by atoms with Gasteiger partial charge in [-0.2, -0.15) is 0 Å². The Morgan fingerprint density at radius 1 is 0.605 bits per heavy atom. The summed E-state index contributed by atoms with van der Waals surface area (Å²) in [4.78, 5) is 12.2. The van der Waals surface area contributed by atoms with Crippen molar-refractivity contribution in [2.45, 2.75) is 180 Å². The number of allylic oxidation sites excluding steroid dienone is 3. The highest BCUT2D eigenvalue weighted by molar-refractivity contribution is 5.76. The van der Waals surface area contributed by atoms with Crippen molar-refractivity contribution < 1.29 is 15.0 Å². The van der Waals surface area contributed by atoms with Crippen LogP contribution >= 0.6 is 0 Å². The summed E-state index contributed by atoms with van der Waals surface area (Å²) in [7, 11) is 0. The summed E-state index contributed by atoms with van der Waals surface area (Å²) >= 11 is 0. The fraction of sp³-hybridized carbons (Fsp3) is 0.853. The van der Waals surface area contributed by atoms with Gasteiger partial charge < -0.3 is 15.5 Å². The van der Waals surface area contributed by atoms with Crippen LogP contribution in [0.25, 0.3) is 0 Å².